The van der Waals surface area contributed by atoms with Crippen LogP contribution in [0.3, 0.4) is 0 Å². The van der Waals surface area contributed by atoms with Gasteiger partial charge in [-0.25, -0.2) is 0 Å². The number of benzene rings is 2. The zero-order valence-electron chi connectivity index (χ0n) is 11.4. The van der Waals surface area contributed by atoms with Crippen LogP contribution in [0.4, 0.5) is 0 Å². The minimum Gasteiger partial charge on any atom is -0.198 e. The highest BCUT2D eigenvalue weighted by Crippen LogP contribution is 2.41. The van der Waals surface area contributed by atoms with Crippen molar-refractivity contribution >= 4 is 34.8 Å². The maximum atomic E-state index is 9.64. The SMILES string of the molecule is N#CC[C@H](c1ccc(Cl)cc1)[C@H](C#N)c1c(Cl)cccc1Cl. The molecular formula is C17H11Cl3N2. The molecule has 0 aliphatic heterocycles. The van der Waals surface area contributed by atoms with Gasteiger partial charge >= 0.3 is 0 Å². The van der Waals surface area contributed by atoms with Gasteiger partial charge in [-0.1, -0.05) is 53.0 Å². The maximum Gasteiger partial charge on any atom is 0.0820 e. The average Bonchev–Trinajstić information content (AvgIpc) is 2.50. The van der Waals surface area contributed by atoms with Gasteiger partial charge in [0, 0.05) is 33.0 Å². The molecular weight excluding hydrogens is 339 g/mol. The lowest BCUT2D eigenvalue weighted by atomic mass is 9.80. The van der Waals surface area contributed by atoms with Gasteiger partial charge in [-0.15, -0.1) is 0 Å². The first-order valence-electron chi connectivity index (χ1n) is 6.54. The second-order valence-corrected chi connectivity index (χ2v) is 6.01. The van der Waals surface area contributed by atoms with Gasteiger partial charge < -0.3 is 0 Å². The molecule has 0 aliphatic rings. The van der Waals surface area contributed by atoms with Gasteiger partial charge in [0.15, 0.2) is 0 Å². The molecule has 2 atom stereocenters. The molecule has 22 heavy (non-hydrogen) atoms. The Hall–Kier alpha value is -1.71. The summed E-state index contributed by atoms with van der Waals surface area (Å²) in [5, 5.41) is 20.2. The number of nitrogens with zero attached hydrogens (tertiary/aromatic N) is 2. The monoisotopic (exact) mass is 348 g/mol. The van der Waals surface area contributed by atoms with E-state index in [2.05, 4.69) is 12.1 Å². The van der Waals surface area contributed by atoms with E-state index in [1.54, 1.807) is 30.3 Å². The predicted octanol–water partition coefficient (Wildman–Crippen LogP) is 5.95. The van der Waals surface area contributed by atoms with Crippen LogP contribution >= 0.6 is 34.8 Å². The van der Waals surface area contributed by atoms with Crippen LogP contribution in [0.2, 0.25) is 15.1 Å². The van der Waals surface area contributed by atoms with Crippen LogP contribution in [-0.2, 0) is 0 Å². The number of nitriles is 2. The first-order chi connectivity index (χ1) is 10.6. The molecule has 110 valence electrons. The van der Waals surface area contributed by atoms with Gasteiger partial charge in [0.1, 0.15) is 0 Å². The maximum absolute atomic E-state index is 9.64. The van der Waals surface area contributed by atoms with Crippen LogP contribution < -0.4 is 0 Å². The average molecular weight is 350 g/mol. The van der Waals surface area contributed by atoms with E-state index in [0.717, 1.165) is 5.56 Å². The lowest BCUT2D eigenvalue weighted by molar-refractivity contribution is 0.641. The summed E-state index contributed by atoms with van der Waals surface area (Å²) in [5.41, 5.74) is 1.41. The van der Waals surface area contributed by atoms with Crippen molar-refractivity contribution in [3.8, 4) is 12.1 Å². The van der Waals surface area contributed by atoms with Crippen LogP contribution in [0.25, 0.3) is 0 Å². The van der Waals surface area contributed by atoms with E-state index in [9.17, 15) is 5.26 Å². The second kappa shape index (κ2) is 7.52. The molecule has 0 fully saturated rings. The summed E-state index contributed by atoms with van der Waals surface area (Å²) >= 11 is 18.3. The van der Waals surface area contributed by atoms with Gasteiger partial charge in [-0.3, -0.25) is 0 Å². The normalized spacial score (nSPS) is 13.0. The zero-order valence-corrected chi connectivity index (χ0v) is 13.7. The van der Waals surface area contributed by atoms with Crippen molar-refractivity contribution in [3.05, 3.63) is 68.7 Å². The Morgan fingerprint density at radius 3 is 2.00 bits per heavy atom. The van der Waals surface area contributed by atoms with Gasteiger partial charge in [0.25, 0.3) is 0 Å². The van der Waals surface area contributed by atoms with E-state index in [-0.39, 0.29) is 12.3 Å². The summed E-state index contributed by atoms with van der Waals surface area (Å²) in [7, 11) is 0. The first-order valence-corrected chi connectivity index (χ1v) is 7.67. The van der Waals surface area contributed by atoms with Crippen LogP contribution in [0.1, 0.15) is 29.4 Å². The largest absolute Gasteiger partial charge is 0.198 e. The molecule has 0 radical (unpaired) electrons. The van der Waals surface area contributed by atoms with Crippen molar-refractivity contribution in [2.24, 2.45) is 0 Å². The minimum atomic E-state index is -0.609. The summed E-state index contributed by atoms with van der Waals surface area (Å²) in [6.07, 6.45) is 0.182. The minimum absolute atomic E-state index is 0.182. The molecule has 0 saturated carbocycles. The highest BCUT2D eigenvalue weighted by atomic mass is 35.5. The van der Waals surface area contributed by atoms with Crippen LogP contribution in [-0.4, -0.2) is 0 Å². The fraction of sp³-hybridized carbons (Fsp3) is 0.176. The van der Waals surface area contributed by atoms with Gasteiger partial charge in [0.2, 0.25) is 0 Å². The van der Waals surface area contributed by atoms with Gasteiger partial charge in [-0.05, 0) is 29.8 Å². The molecule has 0 N–H and O–H groups in total. The van der Waals surface area contributed by atoms with Crippen molar-refractivity contribution < 1.29 is 0 Å². The quantitative estimate of drug-likeness (QED) is 0.684. The Labute approximate surface area is 144 Å². The number of halogens is 3. The summed E-state index contributed by atoms with van der Waals surface area (Å²) in [4.78, 5) is 0. The molecule has 0 spiro atoms. The van der Waals surface area contributed by atoms with Crippen LogP contribution in [0.5, 0.6) is 0 Å². The third kappa shape index (κ3) is 3.54. The van der Waals surface area contributed by atoms with Gasteiger partial charge in [-0.2, -0.15) is 10.5 Å². The van der Waals surface area contributed by atoms with Crippen molar-refractivity contribution in [1.29, 1.82) is 10.5 Å². The molecule has 2 rings (SSSR count). The smallest absolute Gasteiger partial charge is 0.0820 e. The Kier molecular flexibility index (Phi) is 5.69. The molecule has 5 heteroatoms. The molecule has 0 unspecified atom stereocenters. The van der Waals surface area contributed by atoms with E-state index < -0.39 is 5.92 Å². The lowest BCUT2D eigenvalue weighted by Crippen LogP contribution is -2.11. The van der Waals surface area contributed by atoms with Crippen LogP contribution in [0.15, 0.2) is 42.5 Å². The van der Waals surface area contributed by atoms with Crippen molar-refractivity contribution in [3.63, 3.8) is 0 Å². The number of hydrogen-bond acceptors (Lipinski definition) is 2. The molecule has 0 aliphatic carbocycles. The summed E-state index contributed by atoms with van der Waals surface area (Å²) < 4.78 is 0. The standard InChI is InChI=1S/C17H11Cl3N2/c18-12-6-4-11(5-7-12)13(8-9-21)14(10-22)17-15(19)2-1-3-16(17)20/h1-7,13-14H,8H2/t13-,14+/m1/s1. The van der Waals surface area contributed by atoms with Gasteiger partial charge in [0.05, 0.1) is 18.1 Å². The second-order valence-electron chi connectivity index (χ2n) is 4.76. The fourth-order valence-corrected chi connectivity index (χ4v) is 3.16. The van der Waals surface area contributed by atoms with E-state index in [4.69, 9.17) is 40.1 Å². The summed E-state index contributed by atoms with van der Waals surface area (Å²) in [6, 6.07) is 16.6. The Balaban J connectivity index is 2.52. The van der Waals surface area contributed by atoms with E-state index in [1.165, 1.54) is 0 Å². The molecule has 0 aromatic heterocycles. The van der Waals surface area contributed by atoms with E-state index in [1.807, 2.05) is 12.1 Å². The first kappa shape index (κ1) is 16.7. The zero-order chi connectivity index (χ0) is 16.1. The van der Waals surface area contributed by atoms with E-state index in [0.29, 0.717) is 20.6 Å². The van der Waals surface area contributed by atoms with Crippen molar-refractivity contribution in [2.45, 2.75) is 18.3 Å². The van der Waals surface area contributed by atoms with E-state index >= 15 is 0 Å². The Morgan fingerprint density at radius 2 is 1.50 bits per heavy atom. The Morgan fingerprint density at radius 1 is 0.909 bits per heavy atom. The summed E-state index contributed by atoms with van der Waals surface area (Å²) in [5.74, 6) is -0.938. The molecule has 2 nitrogen and oxygen atoms in total. The predicted molar refractivity (Wildman–Crippen MR) is 89.2 cm³/mol. The molecule has 2 aromatic carbocycles. The highest BCUT2D eigenvalue weighted by molar-refractivity contribution is 6.36. The number of hydrogen-bond donors (Lipinski definition) is 0. The third-order valence-corrected chi connectivity index (χ3v) is 4.37. The Bertz CT molecular complexity index is 722. The summed E-state index contributed by atoms with van der Waals surface area (Å²) in [6.45, 7) is 0. The van der Waals surface area contributed by atoms with Crippen molar-refractivity contribution in [2.75, 3.05) is 0 Å². The van der Waals surface area contributed by atoms with Crippen molar-refractivity contribution in [1.82, 2.24) is 0 Å². The molecule has 0 amide bonds. The highest BCUT2D eigenvalue weighted by Gasteiger charge is 2.28. The number of rotatable bonds is 4. The molecule has 0 saturated heterocycles. The third-order valence-electron chi connectivity index (χ3n) is 3.46. The molecule has 2 aromatic rings. The lowest BCUT2D eigenvalue weighted by Gasteiger charge is -2.22. The van der Waals surface area contributed by atoms with Crippen LogP contribution in [0, 0.1) is 22.7 Å². The fourth-order valence-electron chi connectivity index (χ4n) is 2.40. The molecule has 0 bridgehead atoms. The molecule has 0 heterocycles. The topological polar surface area (TPSA) is 47.6 Å².